The van der Waals surface area contributed by atoms with Crippen molar-refractivity contribution in [1.82, 2.24) is 9.78 Å². The Kier molecular flexibility index (Phi) is 1.72. The van der Waals surface area contributed by atoms with E-state index in [0.717, 1.165) is 18.9 Å². The first-order chi connectivity index (χ1) is 6.24. The van der Waals surface area contributed by atoms with Crippen molar-refractivity contribution in [2.24, 2.45) is 0 Å². The second kappa shape index (κ2) is 2.76. The summed E-state index contributed by atoms with van der Waals surface area (Å²) in [5, 5.41) is 7.32. The van der Waals surface area contributed by atoms with Crippen molar-refractivity contribution in [2.45, 2.75) is 13.5 Å². The van der Waals surface area contributed by atoms with E-state index in [-0.39, 0.29) is 5.97 Å². The average molecular weight is 181 g/mol. The number of hydrogen-bond acceptors (Lipinski definition) is 4. The largest absolute Gasteiger partial charge is 0.465 e. The number of carbonyl (C=O) groups is 1. The number of esters is 1. The van der Waals surface area contributed by atoms with E-state index in [1.165, 1.54) is 7.11 Å². The Morgan fingerprint density at radius 2 is 2.46 bits per heavy atom. The molecule has 13 heavy (non-hydrogen) atoms. The zero-order valence-electron chi connectivity index (χ0n) is 7.63. The van der Waals surface area contributed by atoms with Crippen molar-refractivity contribution in [3.05, 3.63) is 11.3 Å². The van der Waals surface area contributed by atoms with Gasteiger partial charge in [0.2, 0.25) is 0 Å². The molecule has 0 saturated heterocycles. The summed E-state index contributed by atoms with van der Waals surface area (Å²) in [5.41, 5.74) is 1.27. The SMILES string of the molecule is COC(=O)c1c(C)nn2c1NCC2. The van der Waals surface area contributed by atoms with Gasteiger partial charge in [0.15, 0.2) is 0 Å². The number of nitrogens with one attached hydrogen (secondary N) is 1. The molecule has 0 unspecified atom stereocenters. The molecule has 1 aliphatic heterocycles. The van der Waals surface area contributed by atoms with E-state index in [4.69, 9.17) is 0 Å². The molecule has 0 aliphatic carbocycles. The number of hydrogen-bond donors (Lipinski definition) is 1. The molecule has 0 saturated carbocycles. The molecular formula is C8H11N3O2. The Balaban J connectivity index is 2.50. The van der Waals surface area contributed by atoms with Gasteiger partial charge >= 0.3 is 5.97 Å². The van der Waals surface area contributed by atoms with Crippen LogP contribution in [0.25, 0.3) is 0 Å². The van der Waals surface area contributed by atoms with E-state index in [2.05, 4.69) is 15.2 Å². The molecule has 0 atom stereocenters. The molecule has 70 valence electrons. The predicted molar refractivity (Wildman–Crippen MR) is 46.8 cm³/mol. The van der Waals surface area contributed by atoms with Crippen LogP contribution in [0.3, 0.4) is 0 Å². The maximum absolute atomic E-state index is 11.3. The highest BCUT2D eigenvalue weighted by Crippen LogP contribution is 2.23. The van der Waals surface area contributed by atoms with Crippen molar-refractivity contribution in [3.8, 4) is 0 Å². The number of fused-ring (bicyclic) bond motifs is 1. The number of nitrogens with zero attached hydrogens (tertiary/aromatic N) is 2. The summed E-state index contributed by atoms with van der Waals surface area (Å²) in [4.78, 5) is 11.3. The van der Waals surface area contributed by atoms with Crippen LogP contribution >= 0.6 is 0 Å². The third-order valence-corrected chi connectivity index (χ3v) is 2.13. The number of anilines is 1. The number of carbonyl (C=O) groups excluding carboxylic acids is 1. The summed E-state index contributed by atoms with van der Waals surface area (Å²) in [6.45, 7) is 3.44. The smallest absolute Gasteiger partial charge is 0.343 e. The minimum Gasteiger partial charge on any atom is -0.465 e. The summed E-state index contributed by atoms with van der Waals surface area (Å²) in [6, 6.07) is 0. The fourth-order valence-electron chi connectivity index (χ4n) is 1.55. The van der Waals surface area contributed by atoms with E-state index in [9.17, 15) is 4.79 Å². The highest BCUT2D eigenvalue weighted by Gasteiger charge is 2.24. The number of methoxy groups -OCH3 is 1. The van der Waals surface area contributed by atoms with Crippen molar-refractivity contribution in [2.75, 3.05) is 19.0 Å². The van der Waals surface area contributed by atoms with Crippen LogP contribution in [0.15, 0.2) is 0 Å². The van der Waals surface area contributed by atoms with Gasteiger partial charge in [0.25, 0.3) is 0 Å². The lowest BCUT2D eigenvalue weighted by Gasteiger charge is -1.99. The van der Waals surface area contributed by atoms with E-state index >= 15 is 0 Å². The zero-order chi connectivity index (χ0) is 9.42. The van der Waals surface area contributed by atoms with Gasteiger partial charge in [-0.15, -0.1) is 0 Å². The molecule has 5 nitrogen and oxygen atoms in total. The lowest BCUT2D eigenvalue weighted by atomic mass is 10.2. The quantitative estimate of drug-likeness (QED) is 0.637. The van der Waals surface area contributed by atoms with E-state index in [1.807, 2.05) is 0 Å². The summed E-state index contributed by atoms with van der Waals surface area (Å²) in [7, 11) is 1.38. The molecule has 0 bridgehead atoms. The van der Waals surface area contributed by atoms with E-state index < -0.39 is 0 Å². The Bertz CT molecular complexity index is 357. The van der Waals surface area contributed by atoms with Gasteiger partial charge in [0.05, 0.1) is 19.3 Å². The Morgan fingerprint density at radius 1 is 1.69 bits per heavy atom. The van der Waals surface area contributed by atoms with E-state index in [0.29, 0.717) is 11.3 Å². The summed E-state index contributed by atoms with van der Waals surface area (Å²) >= 11 is 0. The maximum atomic E-state index is 11.3. The summed E-state index contributed by atoms with van der Waals surface area (Å²) in [5.74, 6) is 0.456. The molecule has 0 fully saturated rings. The highest BCUT2D eigenvalue weighted by atomic mass is 16.5. The van der Waals surface area contributed by atoms with Crippen molar-refractivity contribution < 1.29 is 9.53 Å². The fraction of sp³-hybridized carbons (Fsp3) is 0.500. The lowest BCUT2D eigenvalue weighted by Crippen LogP contribution is -2.05. The number of aromatic nitrogens is 2. The third-order valence-electron chi connectivity index (χ3n) is 2.13. The normalized spacial score (nSPS) is 13.7. The molecule has 2 rings (SSSR count). The number of rotatable bonds is 1. The monoisotopic (exact) mass is 181 g/mol. The van der Waals surface area contributed by atoms with Crippen molar-refractivity contribution in [1.29, 1.82) is 0 Å². The van der Waals surface area contributed by atoms with Gasteiger partial charge in [-0.1, -0.05) is 0 Å². The first-order valence-corrected chi connectivity index (χ1v) is 4.13. The van der Waals surface area contributed by atoms with Gasteiger partial charge in [-0.25, -0.2) is 9.48 Å². The molecule has 0 radical (unpaired) electrons. The van der Waals surface area contributed by atoms with Gasteiger partial charge in [-0.05, 0) is 6.92 Å². The Labute approximate surface area is 75.7 Å². The van der Waals surface area contributed by atoms with Crippen LogP contribution in [0.5, 0.6) is 0 Å². The maximum Gasteiger partial charge on any atom is 0.343 e. The topological polar surface area (TPSA) is 56.1 Å². The van der Waals surface area contributed by atoms with Crippen molar-refractivity contribution in [3.63, 3.8) is 0 Å². The van der Waals surface area contributed by atoms with Crippen LogP contribution in [-0.4, -0.2) is 29.4 Å². The fourth-order valence-corrected chi connectivity index (χ4v) is 1.55. The number of ether oxygens (including phenoxy) is 1. The second-order valence-corrected chi connectivity index (χ2v) is 2.95. The third kappa shape index (κ3) is 1.07. The summed E-state index contributed by atoms with van der Waals surface area (Å²) < 4.78 is 6.46. The molecule has 1 aliphatic rings. The first kappa shape index (κ1) is 8.10. The second-order valence-electron chi connectivity index (χ2n) is 2.95. The first-order valence-electron chi connectivity index (χ1n) is 4.13. The minimum absolute atomic E-state index is 0.326. The highest BCUT2D eigenvalue weighted by molar-refractivity contribution is 5.96. The van der Waals surface area contributed by atoms with Crippen LogP contribution in [0.1, 0.15) is 16.1 Å². The molecule has 1 aromatic rings. The standard InChI is InChI=1S/C8H11N3O2/c1-5-6(8(12)13-2)7-9-3-4-11(7)10-5/h9H,3-4H2,1-2H3. The molecular weight excluding hydrogens is 170 g/mol. The zero-order valence-corrected chi connectivity index (χ0v) is 7.63. The Morgan fingerprint density at radius 3 is 3.15 bits per heavy atom. The van der Waals surface area contributed by atoms with Crippen LogP contribution in [0.2, 0.25) is 0 Å². The molecule has 0 spiro atoms. The predicted octanol–water partition coefficient (Wildman–Crippen LogP) is 0.404. The van der Waals surface area contributed by atoms with Crippen LogP contribution in [0, 0.1) is 6.92 Å². The van der Waals surface area contributed by atoms with Crippen molar-refractivity contribution >= 4 is 11.8 Å². The van der Waals surface area contributed by atoms with Gasteiger partial charge in [0, 0.05) is 6.54 Å². The van der Waals surface area contributed by atoms with Gasteiger partial charge < -0.3 is 10.1 Å². The van der Waals surface area contributed by atoms with Gasteiger partial charge in [0.1, 0.15) is 11.4 Å². The molecule has 5 heteroatoms. The summed E-state index contributed by atoms with van der Waals surface area (Å²) in [6.07, 6.45) is 0. The Hall–Kier alpha value is -1.52. The lowest BCUT2D eigenvalue weighted by molar-refractivity contribution is 0.0601. The molecule has 0 aromatic carbocycles. The van der Waals surface area contributed by atoms with Crippen LogP contribution in [-0.2, 0) is 11.3 Å². The number of aryl methyl sites for hydroxylation is 1. The van der Waals surface area contributed by atoms with Crippen LogP contribution in [0.4, 0.5) is 5.82 Å². The van der Waals surface area contributed by atoms with Gasteiger partial charge in [-0.3, -0.25) is 0 Å². The van der Waals surface area contributed by atoms with Gasteiger partial charge in [-0.2, -0.15) is 5.10 Å². The molecule has 1 aromatic heterocycles. The molecule has 1 N–H and O–H groups in total. The minimum atomic E-state index is -0.326. The van der Waals surface area contributed by atoms with Crippen LogP contribution < -0.4 is 5.32 Å². The molecule has 0 amide bonds. The van der Waals surface area contributed by atoms with E-state index in [1.54, 1.807) is 11.6 Å². The average Bonchev–Trinajstić information content (AvgIpc) is 2.62. The molecule has 2 heterocycles.